The first-order valence-electron chi connectivity index (χ1n) is 7.77. The Kier molecular flexibility index (Phi) is 5.19. The summed E-state index contributed by atoms with van der Waals surface area (Å²) in [4.78, 5) is 0. The SMILES string of the molecule is NS(=O)(=O)Cc1cc(Cl)ccc1Cc1ccc(N2C=C(O)NS2(=O)=O)c(O)c1. The second-order valence-corrected chi connectivity index (χ2v) is 9.74. The molecule has 0 saturated heterocycles. The number of benzene rings is 2. The third-order valence-electron chi connectivity index (χ3n) is 3.93. The largest absolute Gasteiger partial charge is 0.506 e. The van der Waals surface area contributed by atoms with Gasteiger partial charge in [-0.15, -0.1) is 0 Å². The summed E-state index contributed by atoms with van der Waals surface area (Å²) in [7, 11) is -7.80. The van der Waals surface area contributed by atoms with Gasteiger partial charge in [-0.05, 0) is 47.4 Å². The number of phenolic OH excluding ortho intramolecular Hbond substituents is 1. The maximum absolute atomic E-state index is 11.9. The summed E-state index contributed by atoms with van der Waals surface area (Å²) in [6, 6.07) is 9.06. The van der Waals surface area contributed by atoms with Crippen LogP contribution >= 0.6 is 11.6 Å². The first-order valence-corrected chi connectivity index (χ1v) is 11.3. The van der Waals surface area contributed by atoms with Gasteiger partial charge in [0.2, 0.25) is 15.9 Å². The Labute approximate surface area is 166 Å². The van der Waals surface area contributed by atoms with Gasteiger partial charge in [0.15, 0.2) is 0 Å². The lowest BCUT2D eigenvalue weighted by atomic mass is 10.00. The van der Waals surface area contributed by atoms with E-state index < -0.39 is 31.9 Å². The van der Waals surface area contributed by atoms with Crippen LogP contribution in [0.1, 0.15) is 16.7 Å². The number of primary sulfonamides is 1. The third-order valence-corrected chi connectivity index (χ3v) is 6.16. The van der Waals surface area contributed by atoms with Crippen LogP contribution in [0.2, 0.25) is 5.02 Å². The minimum atomic E-state index is -4.03. The predicted molar refractivity (Wildman–Crippen MR) is 104 cm³/mol. The summed E-state index contributed by atoms with van der Waals surface area (Å²) in [6.45, 7) is 0. The molecule has 0 spiro atoms. The number of hydrogen-bond donors (Lipinski definition) is 4. The zero-order valence-electron chi connectivity index (χ0n) is 14.2. The summed E-state index contributed by atoms with van der Waals surface area (Å²) >= 11 is 5.94. The number of rotatable bonds is 5. The number of aromatic hydroxyl groups is 1. The Balaban J connectivity index is 1.92. The highest BCUT2D eigenvalue weighted by molar-refractivity contribution is 7.91. The normalized spacial score (nSPS) is 15.9. The van der Waals surface area contributed by atoms with Crippen LogP contribution in [0, 0.1) is 0 Å². The molecule has 0 unspecified atom stereocenters. The number of phenols is 1. The zero-order chi connectivity index (χ0) is 20.7. The Morgan fingerprint density at radius 1 is 1.11 bits per heavy atom. The van der Waals surface area contributed by atoms with Gasteiger partial charge in [-0.3, -0.25) is 0 Å². The first kappa shape index (κ1) is 20.3. The third kappa shape index (κ3) is 4.50. The van der Waals surface area contributed by atoms with E-state index >= 15 is 0 Å². The molecule has 2 aromatic rings. The zero-order valence-corrected chi connectivity index (χ0v) is 16.6. The van der Waals surface area contributed by atoms with Crippen molar-refractivity contribution in [3.63, 3.8) is 0 Å². The van der Waals surface area contributed by atoms with E-state index in [2.05, 4.69) is 0 Å². The van der Waals surface area contributed by atoms with Gasteiger partial charge in [-0.1, -0.05) is 23.7 Å². The molecule has 0 amide bonds. The maximum atomic E-state index is 11.9. The van der Waals surface area contributed by atoms with Gasteiger partial charge >= 0.3 is 10.2 Å². The number of aliphatic hydroxyl groups is 1. The lowest BCUT2D eigenvalue weighted by Crippen LogP contribution is -2.29. The molecule has 0 atom stereocenters. The van der Waals surface area contributed by atoms with Crippen LogP contribution < -0.4 is 14.2 Å². The van der Waals surface area contributed by atoms with Gasteiger partial charge in [0.05, 0.1) is 12.0 Å². The van der Waals surface area contributed by atoms with E-state index in [4.69, 9.17) is 16.7 Å². The lowest BCUT2D eigenvalue weighted by Gasteiger charge is -2.16. The molecule has 0 aliphatic carbocycles. The number of halogens is 1. The number of nitrogens with one attached hydrogen (secondary N) is 1. The van der Waals surface area contributed by atoms with Crippen molar-refractivity contribution >= 4 is 37.5 Å². The summed E-state index contributed by atoms with van der Waals surface area (Å²) in [5.41, 5.74) is 1.61. The van der Waals surface area contributed by atoms with E-state index in [1.54, 1.807) is 18.2 Å². The van der Waals surface area contributed by atoms with Gasteiger partial charge in [-0.25, -0.2) is 22.6 Å². The number of hydrogen-bond acceptors (Lipinski definition) is 6. The van der Waals surface area contributed by atoms with Crippen molar-refractivity contribution in [3.05, 3.63) is 70.2 Å². The molecule has 0 saturated carbocycles. The van der Waals surface area contributed by atoms with Crippen molar-refractivity contribution in [2.24, 2.45) is 5.14 Å². The molecule has 1 heterocycles. The smallest absolute Gasteiger partial charge is 0.330 e. The van der Waals surface area contributed by atoms with Crippen LogP contribution in [0.25, 0.3) is 0 Å². The second kappa shape index (κ2) is 7.17. The minimum Gasteiger partial charge on any atom is -0.506 e. The summed E-state index contributed by atoms with van der Waals surface area (Å²) in [5.74, 6) is -1.30. The molecular weight excluding hydrogens is 430 g/mol. The molecule has 1 aliphatic rings. The van der Waals surface area contributed by atoms with E-state index in [9.17, 15) is 27.0 Å². The van der Waals surface area contributed by atoms with Gasteiger partial charge in [0.1, 0.15) is 11.4 Å². The molecule has 9 nitrogen and oxygen atoms in total. The van der Waals surface area contributed by atoms with Gasteiger partial charge < -0.3 is 10.2 Å². The molecule has 0 fully saturated rings. The van der Waals surface area contributed by atoms with E-state index in [1.165, 1.54) is 18.2 Å². The Hall–Kier alpha value is -2.47. The van der Waals surface area contributed by atoms with Crippen LogP contribution in [-0.2, 0) is 32.4 Å². The van der Waals surface area contributed by atoms with Crippen molar-refractivity contribution in [1.82, 2.24) is 4.72 Å². The molecule has 0 bridgehead atoms. The van der Waals surface area contributed by atoms with Crippen molar-refractivity contribution in [2.75, 3.05) is 4.31 Å². The Morgan fingerprint density at radius 3 is 2.39 bits per heavy atom. The lowest BCUT2D eigenvalue weighted by molar-refractivity contribution is 0.392. The number of sulfonamides is 1. The summed E-state index contributed by atoms with van der Waals surface area (Å²) < 4.78 is 49.3. The van der Waals surface area contributed by atoms with Crippen molar-refractivity contribution < 1.29 is 27.0 Å². The Bertz CT molecular complexity index is 1180. The quantitative estimate of drug-likeness (QED) is 0.546. The van der Waals surface area contributed by atoms with Gasteiger partial charge in [0.25, 0.3) is 0 Å². The van der Waals surface area contributed by atoms with Crippen molar-refractivity contribution in [3.8, 4) is 5.75 Å². The first-order chi connectivity index (χ1) is 12.9. The predicted octanol–water partition coefficient (Wildman–Crippen LogP) is 1.44. The minimum absolute atomic E-state index is 0.0545. The highest BCUT2D eigenvalue weighted by atomic mass is 35.5. The topological polar surface area (TPSA) is 150 Å². The fourth-order valence-corrected chi connectivity index (χ4v) is 4.75. The van der Waals surface area contributed by atoms with E-state index in [1.807, 2.05) is 4.72 Å². The molecule has 3 rings (SSSR count). The average Bonchev–Trinajstić information content (AvgIpc) is 2.81. The number of aliphatic hydroxyl groups excluding tert-OH is 1. The standard InChI is InChI=1S/C16H16ClN3O6S2/c17-13-3-2-11(12(7-13)9-27(18,23)24)5-10-1-4-14(15(21)6-10)20-8-16(22)19-28(20,25)26/h1-4,6-8,19,21-22H,5,9H2,(H2,18,23,24). The highest BCUT2D eigenvalue weighted by Crippen LogP contribution is 2.33. The fourth-order valence-electron chi connectivity index (χ4n) is 2.79. The molecule has 5 N–H and O–H groups in total. The summed E-state index contributed by atoms with van der Waals surface area (Å²) in [5, 5.41) is 25.1. The molecule has 0 aromatic heterocycles. The molecule has 0 radical (unpaired) electrons. The van der Waals surface area contributed by atoms with E-state index in [0.717, 1.165) is 6.20 Å². The van der Waals surface area contributed by atoms with Gasteiger partial charge in [0, 0.05) is 5.02 Å². The monoisotopic (exact) mass is 445 g/mol. The van der Waals surface area contributed by atoms with E-state index in [-0.39, 0.29) is 17.9 Å². The van der Waals surface area contributed by atoms with Crippen LogP contribution in [0.4, 0.5) is 5.69 Å². The van der Waals surface area contributed by atoms with E-state index in [0.29, 0.717) is 26.0 Å². The Morgan fingerprint density at radius 2 is 1.82 bits per heavy atom. The molecular formula is C16H16ClN3O6S2. The van der Waals surface area contributed by atoms with Gasteiger partial charge in [-0.2, -0.15) is 8.42 Å². The van der Waals surface area contributed by atoms with Crippen LogP contribution in [-0.4, -0.2) is 27.0 Å². The number of nitrogens with two attached hydrogens (primary N) is 1. The molecule has 12 heteroatoms. The second-order valence-electron chi connectivity index (χ2n) is 6.14. The average molecular weight is 446 g/mol. The molecule has 28 heavy (non-hydrogen) atoms. The summed E-state index contributed by atoms with van der Waals surface area (Å²) in [6.07, 6.45) is 1.18. The highest BCUT2D eigenvalue weighted by Gasteiger charge is 2.30. The number of anilines is 1. The number of nitrogens with zero attached hydrogens (tertiary/aromatic N) is 1. The van der Waals surface area contributed by atoms with Crippen molar-refractivity contribution in [2.45, 2.75) is 12.2 Å². The molecule has 2 aromatic carbocycles. The van der Waals surface area contributed by atoms with Crippen LogP contribution in [0.5, 0.6) is 5.75 Å². The van der Waals surface area contributed by atoms with Crippen molar-refractivity contribution in [1.29, 1.82) is 0 Å². The van der Waals surface area contributed by atoms with Crippen LogP contribution in [0.15, 0.2) is 48.5 Å². The molecule has 150 valence electrons. The fraction of sp³-hybridized carbons (Fsp3) is 0.125. The maximum Gasteiger partial charge on any atom is 0.330 e. The van der Waals surface area contributed by atoms with Crippen LogP contribution in [0.3, 0.4) is 0 Å². The molecule has 1 aliphatic heterocycles.